The summed E-state index contributed by atoms with van der Waals surface area (Å²) in [7, 11) is 1.37. The highest BCUT2D eigenvalue weighted by atomic mass is 32.2. The van der Waals surface area contributed by atoms with Gasteiger partial charge in [-0.15, -0.1) is 10.2 Å². The summed E-state index contributed by atoms with van der Waals surface area (Å²) in [6.45, 7) is 2.03. The van der Waals surface area contributed by atoms with Crippen LogP contribution in [-0.2, 0) is 9.53 Å². The van der Waals surface area contributed by atoms with Gasteiger partial charge in [0, 0.05) is 23.6 Å². The number of carbonyl (C=O) groups excluding carboxylic acids is 1. The second kappa shape index (κ2) is 7.27. The Balaban J connectivity index is 2.07. The van der Waals surface area contributed by atoms with Crippen molar-refractivity contribution in [2.75, 3.05) is 12.9 Å². The zero-order valence-electron chi connectivity index (χ0n) is 13.3. The molecule has 24 heavy (non-hydrogen) atoms. The molecule has 2 aromatic heterocycles. The predicted molar refractivity (Wildman–Crippen MR) is 92.1 cm³/mol. The lowest BCUT2D eigenvalue weighted by molar-refractivity contribution is -0.137. The molecule has 0 bridgehead atoms. The Hall–Kier alpha value is -2.67. The number of carbonyl (C=O) groups is 1. The average molecular weight is 340 g/mol. The Morgan fingerprint density at radius 3 is 2.71 bits per heavy atom. The number of ether oxygens (including phenoxy) is 1. The van der Waals surface area contributed by atoms with E-state index in [1.807, 2.05) is 41.8 Å². The molecule has 3 rings (SSSR count). The Morgan fingerprint density at radius 1 is 1.21 bits per heavy atom. The number of nitrogens with zero attached hydrogens (tertiary/aromatic N) is 4. The Bertz CT molecular complexity index is 849. The maximum Gasteiger partial charge on any atom is 0.316 e. The number of pyridine rings is 1. The van der Waals surface area contributed by atoms with Crippen LogP contribution in [0.5, 0.6) is 0 Å². The summed E-state index contributed by atoms with van der Waals surface area (Å²) < 4.78 is 6.64. The van der Waals surface area contributed by atoms with Crippen molar-refractivity contribution in [3.05, 3.63) is 54.4 Å². The second-order valence-corrected chi connectivity index (χ2v) is 6.02. The van der Waals surface area contributed by atoms with Gasteiger partial charge in [0.1, 0.15) is 0 Å². The molecule has 0 atom stereocenters. The lowest BCUT2D eigenvalue weighted by Crippen LogP contribution is -2.05. The van der Waals surface area contributed by atoms with Gasteiger partial charge in [0.25, 0.3) is 0 Å². The largest absolute Gasteiger partial charge is 0.468 e. The molecule has 7 heteroatoms. The summed E-state index contributed by atoms with van der Waals surface area (Å²) >= 11 is 1.30. The molecule has 122 valence electrons. The fourth-order valence-corrected chi connectivity index (χ4v) is 3.02. The highest BCUT2D eigenvalue weighted by Gasteiger charge is 2.17. The molecule has 0 unspecified atom stereocenters. The number of methoxy groups -OCH3 is 1. The van der Waals surface area contributed by atoms with Crippen molar-refractivity contribution < 1.29 is 9.53 Å². The van der Waals surface area contributed by atoms with Crippen LogP contribution in [-0.4, -0.2) is 38.6 Å². The Morgan fingerprint density at radius 2 is 2.00 bits per heavy atom. The first-order chi connectivity index (χ1) is 11.7. The van der Waals surface area contributed by atoms with E-state index in [0.717, 1.165) is 16.8 Å². The molecule has 2 heterocycles. The number of hydrogen-bond acceptors (Lipinski definition) is 6. The molecular weight excluding hydrogens is 324 g/mol. The number of aryl methyl sites for hydroxylation is 1. The van der Waals surface area contributed by atoms with Crippen molar-refractivity contribution in [1.29, 1.82) is 0 Å². The van der Waals surface area contributed by atoms with Crippen molar-refractivity contribution in [3.63, 3.8) is 0 Å². The topological polar surface area (TPSA) is 69.9 Å². The highest BCUT2D eigenvalue weighted by Crippen LogP contribution is 2.28. The van der Waals surface area contributed by atoms with E-state index >= 15 is 0 Å². The third-order valence-electron chi connectivity index (χ3n) is 3.38. The van der Waals surface area contributed by atoms with E-state index in [4.69, 9.17) is 4.74 Å². The molecule has 0 saturated heterocycles. The predicted octanol–water partition coefficient (Wildman–Crippen LogP) is 2.90. The number of rotatable bonds is 5. The standard InChI is InChI=1S/C17H16N4O2S/c1-12-4-3-5-14(10-12)21-16(13-6-8-18-9-7-13)19-20-17(21)24-11-15(22)23-2/h3-10H,11H2,1-2H3. The van der Waals surface area contributed by atoms with Gasteiger partial charge in [0.05, 0.1) is 12.9 Å². The Labute approximate surface area is 143 Å². The first-order valence-electron chi connectivity index (χ1n) is 7.31. The van der Waals surface area contributed by atoms with Crippen molar-refractivity contribution in [2.45, 2.75) is 12.1 Å². The first-order valence-corrected chi connectivity index (χ1v) is 8.30. The summed E-state index contributed by atoms with van der Waals surface area (Å²) in [5.74, 6) is 0.580. The SMILES string of the molecule is COC(=O)CSc1nnc(-c2ccncc2)n1-c1cccc(C)c1. The van der Waals surface area contributed by atoms with Crippen LogP contribution in [0.15, 0.2) is 53.9 Å². The number of aromatic nitrogens is 4. The lowest BCUT2D eigenvalue weighted by atomic mass is 10.2. The second-order valence-electron chi connectivity index (χ2n) is 5.08. The average Bonchev–Trinajstić information content (AvgIpc) is 3.04. The molecule has 0 spiro atoms. The van der Waals surface area contributed by atoms with Crippen LogP contribution >= 0.6 is 11.8 Å². The van der Waals surface area contributed by atoms with Gasteiger partial charge in [-0.2, -0.15) is 0 Å². The van der Waals surface area contributed by atoms with Crippen LogP contribution in [0.2, 0.25) is 0 Å². The molecule has 0 amide bonds. The number of hydrogen-bond donors (Lipinski definition) is 0. The zero-order valence-corrected chi connectivity index (χ0v) is 14.2. The van der Waals surface area contributed by atoms with Crippen molar-refractivity contribution in [1.82, 2.24) is 19.7 Å². The van der Waals surface area contributed by atoms with Gasteiger partial charge >= 0.3 is 5.97 Å². The molecule has 0 aliphatic rings. The van der Waals surface area contributed by atoms with Crippen LogP contribution < -0.4 is 0 Å². The summed E-state index contributed by atoms with van der Waals surface area (Å²) in [5.41, 5.74) is 2.98. The minimum Gasteiger partial charge on any atom is -0.468 e. The van der Waals surface area contributed by atoms with Gasteiger partial charge in [0.2, 0.25) is 0 Å². The monoisotopic (exact) mass is 340 g/mol. The molecule has 0 radical (unpaired) electrons. The maximum atomic E-state index is 11.5. The molecule has 0 fully saturated rings. The minimum atomic E-state index is -0.302. The normalized spacial score (nSPS) is 10.6. The van der Waals surface area contributed by atoms with E-state index in [9.17, 15) is 4.79 Å². The van der Waals surface area contributed by atoms with E-state index in [-0.39, 0.29) is 11.7 Å². The quantitative estimate of drug-likeness (QED) is 0.525. The van der Waals surface area contributed by atoms with Gasteiger partial charge in [0.15, 0.2) is 11.0 Å². The lowest BCUT2D eigenvalue weighted by Gasteiger charge is -2.10. The molecule has 3 aromatic rings. The maximum absolute atomic E-state index is 11.5. The first kappa shape index (κ1) is 16.2. The molecule has 0 aliphatic heterocycles. The van der Waals surface area contributed by atoms with Crippen molar-refractivity contribution in [3.8, 4) is 17.1 Å². The van der Waals surface area contributed by atoms with E-state index in [1.165, 1.54) is 18.9 Å². The Kier molecular flexibility index (Phi) is 4.90. The van der Waals surface area contributed by atoms with Gasteiger partial charge in [-0.25, -0.2) is 0 Å². The number of esters is 1. The summed E-state index contributed by atoms with van der Waals surface area (Å²) in [6.07, 6.45) is 3.43. The molecule has 1 aromatic carbocycles. The van der Waals surface area contributed by atoms with Gasteiger partial charge < -0.3 is 4.74 Å². The van der Waals surface area contributed by atoms with Crippen molar-refractivity contribution >= 4 is 17.7 Å². The molecule has 0 saturated carbocycles. The fourth-order valence-electron chi connectivity index (χ4n) is 2.23. The van der Waals surface area contributed by atoms with Crippen LogP contribution in [0.4, 0.5) is 0 Å². The summed E-state index contributed by atoms with van der Waals surface area (Å²) in [5, 5.41) is 9.20. The highest BCUT2D eigenvalue weighted by molar-refractivity contribution is 7.99. The van der Waals surface area contributed by atoms with Crippen LogP contribution in [0.1, 0.15) is 5.56 Å². The molecule has 0 N–H and O–H groups in total. The van der Waals surface area contributed by atoms with E-state index in [2.05, 4.69) is 21.2 Å². The van der Waals surface area contributed by atoms with E-state index in [1.54, 1.807) is 12.4 Å². The smallest absolute Gasteiger partial charge is 0.316 e. The number of benzene rings is 1. The van der Waals surface area contributed by atoms with Crippen LogP contribution in [0.25, 0.3) is 17.1 Å². The van der Waals surface area contributed by atoms with Gasteiger partial charge in [-0.05, 0) is 36.8 Å². The van der Waals surface area contributed by atoms with Gasteiger partial charge in [-0.1, -0.05) is 23.9 Å². The molecule has 0 aliphatic carbocycles. The number of thioether (sulfide) groups is 1. The summed E-state index contributed by atoms with van der Waals surface area (Å²) in [4.78, 5) is 15.5. The molecule has 6 nitrogen and oxygen atoms in total. The third kappa shape index (κ3) is 3.46. The van der Waals surface area contributed by atoms with E-state index in [0.29, 0.717) is 11.0 Å². The third-order valence-corrected chi connectivity index (χ3v) is 4.28. The van der Waals surface area contributed by atoms with Crippen molar-refractivity contribution in [2.24, 2.45) is 0 Å². The fraction of sp³-hybridized carbons (Fsp3) is 0.176. The zero-order chi connectivity index (χ0) is 16.9. The minimum absolute atomic E-state index is 0.177. The molecular formula is C17H16N4O2S. The van der Waals surface area contributed by atoms with E-state index < -0.39 is 0 Å². The summed E-state index contributed by atoms with van der Waals surface area (Å²) in [6, 6.07) is 11.8. The van der Waals surface area contributed by atoms with Gasteiger partial charge in [-0.3, -0.25) is 14.3 Å². The van der Waals surface area contributed by atoms with Crippen LogP contribution in [0.3, 0.4) is 0 Å². The van der Waals surface area contributed by atoms with Crippen LogP contribution in [0, 0.1) is 6.92 Å².